The molecule has 102 valence electrons. The fourth-order valence-electron chi connectivity index (χ4n) is 1.08. The molecule has 7 heteroatoms. The Hall–Kier alpha value is -0.720. The van der Waals surface area contributed by atoms with E-state index in [4.69, 9.17) is 0 Å². The summed E-state index contributed by atoms with van der Waals surface area (Å²) < 4.78 is 78.7. The van der Waals surface area contributed by atoms with Crippen LogP contribution >= 0.6 is 0 Å². The van der Waals surface area contributed by atoms with Crippen LogP contribution in [0.25, 0.3) is 0 Å². The molecule has 3 atom stereocenters. The zero-order valence-electron chi connectivity index (χ0n) is 9.18. The zero-order valence-corrected chi connectivity index (χ0v) is 9.18. The van der Waals surface area contributed by atoms with Crippen molar-refractivity contribution >= 4 is 0 Å². The van der Waals surface area contributed by atoms with Gasteiger partial charge in [0.2, 0.25) is 12.3 Å². The van der Waals surface area contributed by atoms with Gasteiger partial charge in [-0.15, -0.1) is 6.58 Å². The van der Waals surface area contributed by atoms with E-state index in [2.05, 4.69) is 11.3 Å². The van der Waals surface area contributed by atoms with Crippen LogP contribution in [0.1, 0.15) is 19.8 Å². The maximum atomic E-state index is 13.0. The van der Waals surface area contributed by atoms with Crippen LogP contribution in [-0.2, 0) is 4.74 Å². The van der Waals surface area contributed by atoms with Crippen LogP contribution in [0.2, 0.25) is 0 Å². The van der Waals surface area contributed by atoms with Gasteiger partial charge in [0.1, 0.15) is 0 Å². The predicted molar refractivity (Wildman–Crippen MR) is 50.7 cm³/mol. The summed E-state index contributed by atoms with van der Waals surface area (Å²) in [7, 11) is 0. The summed E-state index contributed by atoms with van der Waals surface area (Å²) in [5.74, 6) is 0. The highest BCUT2D eigenvalue weighted by Gasteiger charge is 2.51. The standard InChI is InChI=1S/C10H14F6O/c1-3-5-6(4-2)17-10(15,16)8(12)7(11)9(13)14/h3,6-9H,1,4-5H2,2H3. The van der Waals surface area contributed by atoms with Gasteiger partial charge in [-0.1, -0.05) is 13.0 Å². The Bertz CT molecular complexity index is 233. The highest BCUT2D eigenvalue weighted by molar-refractivity contribution is 4.81. The molecule has 0 spiro atoms. The average Bonchev–Trinajstić information content (AvgIpc) is 2.25. The third kappa shape index (κ3) is 4.97. The van der Waals surface area contributed by atoms with E-state index in [1.807, 2.05) is 0 Å². The second kappa shape index (κ2) is 6.88. The molecule has 0 aromatic carbocycles. The molecule has 0 saturated heterocycles. The smallest absolute Gasteiger partial charge is 0.314 e. The molecule has 0 amide bonds. The van der Waals surface area contributed by atoms with Crippen LogP contribution < -0.4 is 0 Å². The van der Waals surface area contributed by atoms with E-state index in [1.54, 1.807) is 0 Å². The van der Waals surface area contributed by atoms with E-state index >= 15 is 0 Å². The molecule has 3 unspecified atom stereocenters. The van der Waals surface area contributed by atoms with Gasteiger partial charge in [0.25, 0.3) is 6.43 Å². The largest absolute Gasteiger partial charge is 0.390 e. The fourth-order valence-corrected chi connectivity index (χ4v) is 1.08. The van der Waals surface area contributed by atoms with E-state index in [-0.39, 0.29) is 12.8 Å². The number of hydrogen-bond donors (Lipinski definition) is 0. The highest BCUT2D eigenvalue weighted by atomic mass is 19.3. The number of rotatable bonds is 8. The van der Waals surface area contributed by atoms with Gasteiger partial charge < -0.3 is 4.74 Å². The van der Waals surface area contributed by atoms with Crippen LogP contribution in [0.4, 0.5) is 26.3 Å². The lowest BCUT2D eigenvalue weighted by atomic mass is 10.2. The Morgan fingerprint density at radius 1 is 1.24 bits per heavy atom. The summed E-state index contributed by atoms with van der Waals surface area (Å²) in [5, 5.41) is 0. The van der Waals surface area contributed by atoms with E-state index in [0.717, 1.165) is 0 Å². The summed E-state index contributed by atoms with van der Waals surface area (Å²) in [6.07, 6.45) is -15.4. The van der Waals surface area contributed by atoms with Crippen LogP contribution in [-0.4, -0.2) is 31.0 Å². The molecule has 0 heterocycles. The maximum Gasteiger partial charge on any atom is 0.390 e. The van der Waals surface area contributed by atoms with Crippen molar-refractivity contribution in [3.8, 4) is 0 Å². The Kier molecular flexibility index (Phi) is 6.59. The van der Waals surface area contributed by atoms with Crippen molar-refractivity contribution in [2.45, 2.75) is 50.7 Å². The van der Waals surface area contributed by atoms with E-state index in [1.165, 1.54) is 13.0 Å². The molecule has 0 N–H and O–H groups in total. The van der Waals surface area contributed by atoms with Crippen LogP contribution in [0.5, 0.6) is 0 Å². The van der Waals surface area contributed by atoms with E-state index < -0.39 is 31.0 Å². The molecular weight excluding hydrogens is 250 g/mol. The van der Waals surface area contributed by atoms with Gasteiger partial charge in [-0.3, -0.25) is 0 Å². The molecule has 0 aliphatic rings. The minimum absolute atomic E-state index is 0.00948. The molecule has 17 heavy (non-hydrogen) atoms. The van der Waals surface area contributed by atoms with Crippen molar-refractivity contribution in [1.82, 2.24) is 0 Å². The SMILES string of the molecule is C=CCC(CC)OC(F)(F)C(F)C(F)C(F)F. The molecular formula is C10H14F6O. The Morgan fingerprint density at radius 2 is 1.76 bits per heavy atom. The van der Waals surface area contributed by atoms with Crippen LogP contribution in [0, 0.1) is 0 Å². The first-order valence-electron chi connectivity index (χ1n) is 4.99. The highest BCUT2D eigenvalue weighted by Crippen LogP contribution is 2.32. The molecule has 0 aromatic heterocycles. The first kappa shape index (κ1) is 16.3. The van der Waals surface area contributed by atoms with Crippen LogP contribution in [0.15, 0.2) is 12.7 Å². The second-order valence-electron chi connectivity index (χ2n) is 3.41. The van der Waals surface area contributed by atoms with Crippen molar-refractivity contribution in [3.05, 3.63) is 12.7 Å². The predicted octanol–water partition coefficient (Wildman–Crippen LogP) is 3.89. The minimum Gasteiger partial charge on any atom is -0.314 e. The molecule has 0 aliphatic heterocycles. The van der Waals surface area contributed by atoms with Crippen molar-refractivity contribution in [1.29, 1.82) is 0 Å². The van der Waals surface area contributed by atoms with Gasteiger partial charge in [0.05, 0.1) is 6.10 Å². The maximum absolute atomic E-state index is 13.0. The van der Waals surface area contributed by atoms with Crippen molar-refractivity contribution < 1.29 is 31.1 Å². The Balaban J connectivity index is 4.58. The monoisotopic (exact) mass is 264 g/mol. The molecule has 0 aromatic rings. The van der Waals surface area contributed by atoms with Gasteiger partial charge in [-0.25, -0.2) is 17.6 Å². The lowest BCUT2D eigenvalue weighted by Crippen LogP contribution is -2.44. The molecule has 0 aliphatic carbocycles. The third-order valence-electron chi connectivity index (χ3n) is 2.05. The molecule has 0 bridgehead atoms. The normalized spacial score (nSPS) is 17.9. The minimum atomic E-state index is -4.58. The topological polar surface area (TPSA) is 9.23 Å². The molecule has 0 radical (unpaired) electrons. The van der Waals surface area contributed by atoms with Crippen LogP contribution in [0.3, 0.4) is 0 Å². The molecule has 0 fully saturated rings. The van der Waals surface area contributed by atoms with Gasteiger partial charge in [-0.2, -0.15) is 8.78 Å². The summed E-state index contributed by atoms with van der Waals surface area (Å²) >= 11 is 0. The number of ether oxygens (including phenoxy) is 1. The van der Waals surface area contributed by atoms with E-state index in [0.29, 0.717) is 0 Å². The van der Waals surface area contributed by atoms with Crippen molar-refractivity contribution in [2.75, 3.05) is 0 Å². The number of alkyl halides is 6. The Morgan fingerprint density at radius 3 is 2.12 bits per heavy atom. The molecule has 0 rings (SSSR count). The molecule has 0 saturated carbocycles. The Labute approximate surface area is 95.4 Å². The number of halogens is 6. The first-order valence-corrected chi connectivity index (χ1v) is 4.99. The lowest BCUT2D eigenvalue weighted by Gasteiger charge is -2.26. The summed E-state index contributed by atoms with van der Waals surface area (Å²) in [5.41, 5.74) is 0. The summed E-state index contributed by atoms with van der Waals surface area (Å²) in [6, 6.07) is 0. The van der Waals surface area contributed by atoms with Gasteiger partial charge in [-0.05, 0) is 12.8 Å². The van der Waals surface area contributed by atoms with Gasteiger partial charge in [0.15, 0.2) is 0 Å². The lowest BCUT2D eigenvalue weighted by molar-refractivity contribution is -0.307. The zero-order chi connectivity index (χ0) is 13.6. The number of hydrogen-bond acceptors (Lipinski definition) is 1. The van der Waals surface area contributed by atoms with Crippen molar-refractivity contribution in [3.63, 3.8) is 0 Å². The van der Waals surface area contributed by atoms with Gasteiger partial charge in [0, 0.05) is 0 Å². The quantitative estimate of drug-likeness (QED) is 0.477. The van der Waals surface area contributed by atoms with Crippen molar-refractivity contribution in [2.24, 2.45) is 0 Å². The second-order valence-corrected chi connectivity index (χ2v) is 3.41. The fraction of sp³-hybridized carbons (Fsp3) is 0.800. The summed E-state index contributed by atoms with van der Waals surface area (Å²) in [6.45, 7) is 4.76. The van der Waals surface area contributed by atoms with E-state index in [9.17, 15) is 26.3 Å². The van der Waals surface area contributed by atoms with Gasteiger partial charge >= 0.3 is 6.11 Å². The third-order valence-corrected chi connectivity index (χ3v) is 2.05. The summed E-state index contributed by atoms with van der Waals surface area (Å²) in [4.78, 5) is 0. The first-order chi connectivity index (χ1) is 7.76. The average molecular weight is 264 g/mol. The molecule has 1 nitrogen and oxygen atoms in total.